The molecule has 0 aliphatic carbocycles. The topological polar surface area (TPSA) is 83.5 Å². The van der Waals surface area contributed by atoms with E-state index in [4.69, 9.17) is 15.9 Å². The molecule has 6 heteroatoms. The predicted molar refractivity (Wildman–Crippen MR) is 47.3 cm³/mol. The smallest absolute Gasteiger partial charge is 0.320 e. The lowest BCUT2D eigenvalue weighted by molar-refractivity contribution is -0.138. The quantitative estimate of drug-likeness (QED) is 0.693. The Balaban J connectivity index is 2.95. The molecule has 1 aromatic rings. The number of phenols is 1. The maximum atomic E-state index is 13.1. The van der Waals surface area contributed by atoms with Crippen molar-refractivity contribution in [3.05, 3.63) is 29.3 Å². The minimum Gasteiger partial charge on any atom is -0.505 e. The molecule has 0 fully saturated rings. The fourth-order valence-corrected chi connectivity index (χ4v) is 1.06. The summed E-state index contributed by atoms with van der Waals surface area (Å²) in [6.45, 7) is 0. The van der Waals surface area contributed by atoms with Crippen LogP contribution in [-0.4, -0.2) is 22.2 Å². The zero-order chi connectivity index (χ0) is 11.6. The zero-order valence-corrected chi connectivity index (χ0v) is 7.58. The third-order valence-electron chi connectivity index (χ3n) is 1.87. The van der Waals surface area contributed by atoms with Gasteiger partial charge in [-0.3, -0.25) is 4.79 Å². The standard InChI is InChI=1S/C9H9F2NO3/c10-5-3-8(13)6(11)1-4(5)2-7(12)9(14)15/h1,3,7,13H,2,12H2,(H,14,15). The molecule has 4 N–H and O–H groups in total. The van der Waals surface area contributed by atoms with Crippen molar-refractivity contribution in [1.82, 2.24) is 0 Å². The van der Waals surface area contributed by atoms with E-state index in [1.165, 1.54) is 0 Å². The molecule has 0 aromatic heterocycles. The number of benzene rings is 1. The fraction of sp³-hybridized carbons (Fsp3) is 0.222. The highest BCUT2D eigenvalue weighted by molar-refractivity contribution is 5.73. The molecule has 1 atom stereocenters. The summed E-state index contributed by atoms with van der Waals surface area (Å²) in [5.41, 5.74) is 4.97. The lowest BCUT2D eigenvalue weighted by Gasteiger charge is -2.08. The van der Waals surface area contributed by atoms with Gasteiger partial charge in [0, 0.05) is 12.5 Å². The maximum absolute atomic E-state index is 13.1. The van der Waals surface area contributed by atoms with Crippen LogP contribution < -0.4 is 5.73 Å². The summed E-state index contributed by atoms with van der Waals surface area (Å²) < 4.78 is 25.9. The molecule has 1 unspecified atom stereocenters. The van der Waals surface area contributed by atoms with E-state index in [1.807, 2.05) is 0 Å². The molecule has 0 radical (unpaired) electrons. The van der Waals surface area contributed by atoms with E-state index in [1.54, 1.807) is 0 Å². The van der Waals surface area contributed by atoms with Crippen molar-refractivity contribution in [3.8, 4) is 5.75 Å². The lowest BCUT2D eigenvalue weighted by atomic mass is 10.1. The molecule has 1 rings (SSSR count). The van der Waals surface area contributed by atoms with Gasteiger partial charge < -0.3 is 15.9 Å². The second-order valence-corrected chi connectivity index (χ2v) is 3.04. The van der Waals surface area contributed by atoms with Crippen molar-refractivity contribution in [2.75, 3.05) is 0 Å². The van der Waals surface area contributed by atoms with Crippen LogP contribution in [0.3, 0.4) is 0 Å². The number of carbonyl (C=O) groups is 1. The molecule has 4 nitrogen and oxygen atoms in total. The van der Waals surface area contributed by atoms with E-state index in [0.29, 0.717) is 6.07 Å². The highest BCUT2D eigenvalue weighted by Gasteiger charge is 2.16. The number of hydrogen-bond donors (Lipinski definition) is 3. The SMILES string of the molecule is NC(Cc1cc(F)c(O)cc1F)C(=O)O. The second kappa shape index (κ2) is 4.22. The number of nitrogens with two attached hydrogens (primary N) is 1. The largest absolute Gasteiger partial charge is 0.505 e. The number of aliphatic carboxylic acids is 1. The molecule has 0 heterocycles. The van der Waals surface area contributed by atoms with E-state index in [2.05, 4.69) is 0 Å². The van der Waals surface area contributed by atoms with Crippen LogP contribution in [0.1, 0.15) is 5.56 Å². The summed E-state index contributed by atoms with van der Waals surface area (Å²) in [5.74, 6) is -4.02. The number of hydrogen-bond acceptors (Lipinski definition) is 3. The first kappa shape index (κ1) is 11.4. The summed E-state index contributed by atoms with van der Waals surface area (Å²) in [6.07, 6.45) is -0.335. The minimum absolute atomic E-state index is 0.180. The van der Waals surface area contributed by atoms with Gasteiger partial charge in [0.15, 0.2) is 11.6 Å². The van der Waals surface area contributed by atoms with Gasteiger partial charge >= 0.3 is 5.97 Å². The first-order valence-electron chi connectivity index (χ1n) is 4.07. The summed E-state index contributed by atoms with van der Waals surface area (Å²) in [5, 5.41) is 17.3. The van der Waals surface area contributed by atoms with Crippen molar-refractivity contribution >= 4 is 5.97 Å². The summed E-state index contributed by atoms with van der Waals surface area (Å²) in [6, 6.07) is 0.00984. The molecule has 82 valence electrons. The molecule has 15 heavy (non-hydrogen) atoms. The van der Waals surface area contributed by atoms with Gasteiger partial charge in [-0.25, -0.2) is 8.78 Å². The number of carboxylic acids is 1. The molecule has 0 bridgehead atoms. The summed E-state index contributed by atoms with van der Waals surface area (Å²) in [4.78, 5) is 10.4. The number of carboxylic acid groups (broad SMARTS) is 1. The first-order chi connectivity index (χ1) is 6.91. The van der Waals surface area contributed by atoms with Gasteiger partial charge in [-0.05, 0) is 11.6 Å². The molecule has 0 saturated heterocycles. The minimum atomic E-state index is -1.30. The second-order valence-electron chi connectivity index (χ2n) is 3.04. The van der Waals surface area contributed by atoms with E-state index in [0.717, 1.165) is 6.07 Å². The van der Waals surface area contributed by atoms with Gasteiger partial charge in [-0.2, -0.15) is 0 Å². The molecule has 0 saturated carbocycles. The van der Waals surface area contributed by atoms with E-state index in [-0.39, 0.29) is 12.0 Å². The van der Waals surface area contributed by atoms with Crippen molar-refractivity contribution in [2.24, 2.45) is 5.73 Å². The van der Waals surface area contributed by atoms with Gasteiger partial charge in [0.25, 0.3) is 0 Å². The van der Waals surface area contributed by atoms with Gasteiger partial charge in [-0.1, -0.05) is 0 Å². The number of aromatic hydroxyl groups is 1. The Labute approximate surface area is 83.9 Å². The number of rotatable bonds is 3. The highest BCUT2D eigenvalue weighted by Crippen LogP contribution is 2.20. The summed E-state index contributed by atoms with van der Waals surface area (Å²) >= 11 is 0. The Morgan fingerprint density at radius 1 is 1.40 bits per heavy atom. The predicted octanol–water partition coefficient (Wildman–Crippen LogP) is 0.625. The van der Waals surface area contributed by atoms with Gasteiger partial charge in [0.2, 0.25) is 0 Å². The average Bonchev–Trinajstić information content (AvgIpc) is 2.13. The first-order valence-corrected chi connectivity index (χ1v) is 4.07. The average molecular weight is 217 g/mol. The Hall–Kier alpha value is -1.69. The highest BCUT2D eigenvalue weighted by atomic mass is 19.1. The molecule has 1 aromatic carbocycles. The van der Waals surface area contributed by atoms with Crippen molar-refractivity contribution in [2.45, 2.75) is 12.5 Å². The number of phenolic OH excluding ortho intramolecular Hbond substituents is 1. The Kier molecular flexibility index (Phi) is 3.21. The number of halogens is 2. The third-order valence-corrected chi connectivity index (χ3v) is 1.87. The van der Waals surface area contributed by atoms with Crippen LogP contribution in [0.25, 0.3) is 0 Å². The molecular formula is C9H9F2NO3. The molecule has 0 aliphatic rings. The Morgan fingerprint density at radius 2 is 2.00 bits per heavy atom. The van der Waals surface area contributed by atoms with Crippen LogP contribution in [-0.2, 0) is 11.2 Å². The van der Waals surface area contributed by atoms with Crippen molar-refractivity contribution < 1.29 is 23.8 Å². The molecule has 0 amide bonds. The third kappa shape index (κ3) is 2.63. The van der Waals surface area contributed by atoms with Crippen molar-refractivity contribution in [1.29, 1.82) is 0 Å². The van der Waals surface area contributed by atoms with Crippen LogP contribution in [0, 0.1) is 11.6 Å². The van der Waals surface area contributed by atoms with Crippen LogP contribution in [0.4, 0.5) is 8.78 Å². The van der Waals surface area contributed by atoms with Crippen LogP contribution >= 0.6 is 0 Å². The molecule has 0 spiro atoms. The van der Waals surface area contributed by atoms with Gasteiger partial charge in [-0.15, -0.1) is 0 Å². The van der Waals surface area contributed by atoms with Crippen LogP contribution in [0.5, 0.6) is 5.75 Å². The van der Waals surface area contributed by atoms with Crippen LogP contribution in [0.15, 0.2) is 12.1 Å². The lowest BCUT2D eigenvalue weighted by Crippen LogP contribution is -2.32. The molecule has 0 aliphatic heterocycles. The zero-order valence-electron chi connectivity index (χ0n) is 7.58. The monoisotopic (exact) mass is 217 g/mol. The van der Waals surface area contributed by atoms with Gasteiger partial charge in [0.05, 0.1) is 0 Å². The van der Waals surface area contributed by atoms with E-state index < -0.39 is 29.4 Å². The fourth-order valence-electron chi connectivity index (χ4n) is 1.06. The van der Waals surface area contributed by atoms with Crippen molar-refractivity contribution in [3.63, 3.8) is 0 Å². The van der Waals surface area contributed by atoms with Gasteiger partial charge in [0.1, 0.15) is 11.9 Å². The van der Waals surface area contributed by atoms with E-state index >= 15 is 0 Å². The van der Waals surface area contributed by atoms with Crippen LogP contribution in [0.2, 0.25) is 0 Å². The normalized spacial score (nSPS) is 12.5. The summed E-state index contributed by atoms with van der Waals surface area (Å²) in [7, 11) is 0. The Morgan fingerprint density at radius 3 is 2.53 bits per heavy atom. The molecular weight excluding hydrogens is 208 g/mol. The Bertz CT molecular complexity index is 395. The maximum Gasteiger partial charge on any atom is 0.320 e. The van der Waals surface area contributed by atoms with E-state index in [9.17, 15) is 13.6 Å².